The molecule has 0 radical (unpaired) electrons. The third-order valence-electron chi connectivity index (χ3n) is 2.29. The Morgan fingerprint density at radius 1 is 1.50 bits per heavy atom. The predicted molar refractivity (Wildman–Crippen MR) is 74.2 cm³/mol. The molecule has 2 nitrogen and oxygen atoms in total. The predicted octanol–water partition coefficient (Wildman–Crippen LogP) is 3.66. The van der Waals surface area contributed by atoms with Gasteiger partial charge in [-0.15, -0.1) is 0 Å². The molecule has 1 unspecified atom stereocenters. The van der Waals surface area contributed by atoms with Crippen molar-refractivity contribution in [1.29, 1.82) is 0 Å². The van der Waals surface area contributed by atoms with Crippen LogP contribution in [0.4, 0.5) is 0 Å². The molecule has 88 valence electrons. The van der Waals surface area contributed by atoms with Gasteiger partial charge in [0.25, 0.3) is 5.91 Å². The number of carbonyl (C=O) groups is 1. The second-order valence-corrected chi connectivity index (χ2v) is 5.48. The van der Waals surface area contributed by atoms with Crippen molar-refractivity contribution in [1.82, 2.24) is 5.32 Å². The minimum absolute atomic E-state index is 0.0275. The van der Waals surface area contributed by atoms with Gasteiger partial charge in [0.2, 0.25) is 0 Å². The average Bonchev–Trinajstić information content (AvgIpc) is 2.17. The Morgan fingerprint density at radius 2 is 2.19 bits per heavy atom. The zero-order valence-corrected chi connectivity index (χ0v) is 12.6. The van der Waals surface area contributed by atoms with Gasteiger partial charge in [-0.05, 0) is 53.9 Å². The minimum Gasteiger partial charge on any atom is -0.350 e. The molecule has 1 amide bonds. The maximum atomic E-state index is 11.9. The van der Waals surface area contributed by atoms with Crippen LogP contribution in [0.5, 0.6) is 0 Å². The normalized spacial score (nSPS) is 12.2. The lowest BCUT2D eigenvalue weighted by molar-refractivity contribution is 0.0939. The SMILES string of the molecule is Cc1ccc(C(=O)NC(C)CCBr)c(Br)c1. The molecule has 0 aromatic heterocycles. The van der Waals surface area contributed by atoms with Gasteiger partial charge >= 0.3 is 0 Å². The third-order valence-corrected chi connectivity index (χ3v) is 3.40. The summed E-state index contributed by atoms with van der Waals surface area (Å²) in [4.78, 5) is 11.9. The molecule has 0 aliphatic heterocycles. The summed E-state index contributed by atoms with van der Waals surface area (Å²) in [7, 11) is 0. The monoisotopic (exact) mass is 347 g/mol. The molecule has 0 saturated carbocycles. The lowest BCUT2D eigenvalue weighted by Gasteiger charge is -2.13. The van der Waals surface area contributed by atoms with E-state index in [1.54, 1.807) is 0 Å². The van der Waals surface area contributed by atoms with Crippen molar-refractivity contribution in [2.24, 2.45) is 0 Å². The first-order valence-electron chi connectivity index (χ1n) is 5.17. The Hall–Kier alpha value is -0.350. The second-order valence-electron chi connectivity index (χ2n) is 3.84. The zero-order valence-electron chi connectivity index (χ0n) is 9.39. The number of hydrogen-bond acceptors (Lipinski definition) is 1. The Labute approximate surface area is 113 Å². The van der Waals surface area contributed by atoms with Gasteiger partial charge in [-0.1, -0.05) is 22.0 Å². The highest BCUT2D eigenvalue weighted by Crippen LogP contribution is 2.18. The molecule has 0 bridgehead atoms. The fraction of sp³-hybridized carbons (Fsp3) is 0.417. The smallest absolute Gasteiger partial charge is 0.252 e. The fourth-order valence-electron chi connectivity index (χ4n) is 1.34. The number of nitrogens with one attached hydrogen (secondary N) is 1. The van der Waals surface area contributed by atoms with Crippen LogP contribution in [0, 0.1) is 6.92 Å². The van der Waals surface area contributed by atoms with Crippen molar-refractivity contribution in [3.05, 3.63) is 33.8 Å². The topological polar surface area (TPSA) is 29.1 Å². The van der Waals surface area contributed by atoms with Crippen molar-refractivity contribution < 1.29 is 4.79 Å². The highest BCUT2D eigenvalue weighted by molar-refractivity contribution is 9.10. The number of rotatable bonds is 4. The maximum absolute atomic E-state index is 11.9. The van der Waals surface area contributed by atoms with E-state index in [2.05, 4.69) is 37.2 Å². The Balaban J connectivity index is 2.73. The van der Waals surface area contributed by atoms with E-state index in [0.29, 0.717) is 5.56 Å². The fourth-order valence-corrected chi connectivity index (χ4v) is 2.70. The third kappa shape index (κ3) is 3.91. The highest BCUT2D eigenvalue weighted by Gasteiger charge is 2.12. The van der Waals surface area contributed by atoms with Crippen LogP contribution in [-0.4, -0.2) is 17.3 Å². The zero-order chi connectivity index (χ0) is 12.1. The van der Waals surface area contributed by atoms with Crippen molar-refractivity contribution in [2.45, 2.75) is 26.3 Å². The molecule has 0 aliphatic carbocycles. The molecule has 1 aromatic carbocycles. The summed E-state index contributed by atoms with van der Waals surface area (Å²) in [5.41, 5.74) is 1.82. The number of hydrogen-bond donors (Lipinski definition) is 1. The molecule has 1 N–H and O–H groups in total. The van der Waals surface area contributed by atoms with E-state index in [1.807, 2.05) is 32.0 Å². The second kappa shape index (κ2) is 6.40. The van der Waals surface area contributed by atoms with Crippen LogP contribution in [0.25, 0.3) is 0 Å². The van der Waals surface area contributed by atoms with E-state index in [0.717, 1.165) is 21.8 Å². The molecule has 1 aromatic rings. The van der Waals surface area contributed by atoms with Gasteiger partial charge < -0.3 is 5.32 Å². The van der Waals surface area contributed by atoms with Crippen molar-refractivity contribution >= 4 is 37.8 Å². The van der Waals surface area contributed by atoms with Gasteiger partial charge in [0.1, 0.15) is 0 Å². The lowest BCUT2D eigenvalue weighted by Crippen LogP contribution is -2.32. The van der Waals surface area contributed by atoms with Crippen LogP contribution < -0.4 is 5.32 Å². The molecule has 16 heavy (non-hydrogen) atoms. The Kier molecular flexibility index (Phi) is 5.49. The standard InChI is InChI=1S/C12H15Br2NO/c1-8-3-4-10(11(14)7-8)12(16)15-9(2)5-6-13/h3-4,7,9H,5-6H2,1-2H3,(H,15,16). The maximum Gasteiger partial charge on any atom is 0.252 e. The Morgan fingerprint density at radius 3 is 2.75 bits per heavy atom. The number of benzene rings is 1. The summed E-state index contributed by atoms with van der Waals surface area (Å²) in [6, 6.07) is 5.91. The number of alkyl halides is 1. The molecule has 4 heteroatoms. The molecular weight excluding hydrogens is 334 g/mol. The van der Waals surface area contributed by atoms with E-state index in [-0.39, 0.29) is 11.9 Å². The molecule has 1 atom stereocenters. The van der Waals surface area contributed by atoms with E-state index in [4.69, 9.17) is 0 Å². The summed E-state index contributed by atoms with van der Waals surface area (Å²) in [6.07, 6.45) is 0.926. The molecule has 0 spiro atoms. The first kappa shape index (κ1) is 13.7. The van der Waals surface area contributed by atoms with Crippen molar-refractivity contribution in [2.75, 3.05) is 5.33 Å². The van der Waals surface area contributed by atoms with Crippen molar-refractivity contribution in [3.63, 3.8) is 0 Å². The quantitative estimate of drug-likeness (QED) is 0.826. The van der Waals surface area contributed by atoms with Crippen LogP contribution in [-0.2, 0) is 0 Å². The summed E-state index contributed by atoms with van der Waals surface area (Å²) in [5, 5.41) is 3.85. The van der Waals surface area contributed by atoms with Crippen molar-refractivity contribution in [3.8, 4) is 0 Å². The molecule has 1 rings (SSSR count). The van der Waals surface area contributed by atoms with Gasteiger partial charge in [-0.25, -0.2) is 0 Å². The summed E-state index contributed by atoms with van der Waals surface area (Å²) in [6.45, 7) is 4.00. The summed E-state index contributed by atoms with van der Waals surface area (Å²) < 4.78 is 0.844. The number of aryl methyl sites for hydroxylation is 1. The van der Waals surface area contributed by atoms with Gasteiger partial charge in [-0.2, -0.15) is 0 Å². The number of carbonyl (C=O) groups excluding carboxylic acids is 1. The van der Waals surface area contributed by atoms with Gasteiger partial charge in [0, 0.05) is 15.8 Å². The Bertz CT molecular complexity index is 379. The van der Waals surface area contributed by atoms with Gasteiger partial charge in [0.05, 0.1) is 5.56 Å². The molecule has 0 saturated heterocycles. The van der Waals surface area contributed by atoms with Gasteiger partial charge in [-0.3, -0.25) is 4.79 Å². The van der Waals surface area contributed by atoms with Crippen LogP contribution in [0.2, 0.25) is 0 Å². The molecule has 0 heterocycles. The molecule has 0 fully saturated rings. The van der Waals surface area contributed by atoms with Crippen LogP contribution >= 0.6 is 31.9 Å². The van der Waals surface area contributed by atoms with Gasteiger partial charge in [0.15, 0.2) is 0 Å². The van der Waals surface area contributed by atoms with Crippen LogP contribution in [0.3, 0.4) is 0 Å². The minimum atomic E-state index is -0.0275. The van der Waals surface area contributed by atoms with E-state index in [9.17, 15) is 4.79 Å². The average molecular weight is 349 g/mol. The first-order chi connectivity index (χ1) is 7.54. The largest absolute Gasteiger partial charge is 0.350 e. The highest BCUT2D eigenvalue weighted by atomic mass is 79.9. The van der Waals surface area contributed by atoms with Crippen LogP contribution in [0.1, 0.15) is 29.3 Å². The van der Waals surface area contributed by atoms with E-state index >= 15 is 0 Å². The summed E-state index contributed by atoms with van der Waals surface area (Å²) in [5.74, 6) is -0.0275. The molecule has 0 aliphatic rings. The first-order valence-corrected chi connectivity index (χ1v) is 7.09. The number of amides is 1. The van der Waals surface area contributed by atoms with Crippen LogP contribution in [0.15, 0.2) is 22.7 Å². The number of halogens is 2. The van der Waals surface area contributed by atoms with E-state index in [1.165, 1.54) is 0 Å². The molecular formula is C12H15Br2NO. The van der Waals surface area contributed by atoms with E-state index < -0.39 is 0 Å². The lowest BCUT2D eigenvalue weighted by atomic mass is 10.1. The summed E-state index contributed by atoms with van der Waals surface area (Å²) >= 11 is 6.77.